The van der Waals surface area contributed by atoms with E-state index in [1.54, 1.807) is 0 Å². The second kappa shape index (κ2) is 4.15. The first-order chi connectivity index (χ1) is 6.31. The van der Waals surface area contributed by atoms with Crippen LogP contribution in [0, 0.1) is 5.41 Å². The summed E-state index contributed by atoms with van der Waals surface area (Å²) >= 11 is 0. The van der Waals surface area contributed by atoms with Gasteiger partial charge in [-0.05, 0) is 41.5 Å². The van der Waals surface area contributed by atoms with Crippen molar-refractivity contribution in [2.24, 2.45) is 10.4 Å². The fourth-order valence-corrected chi connectivity index (χ4v) is 0.938. The van der Waals surface area contributed by atoms with Crippen LogP contribution in [0.4, 0.5) is 0 Å². The van der Waals surface area contributed by atoms with E-state index in [4.69, 9.17) is 4.74 Å². The molecule has 0 fully saturated rings. The largest absolute Gasteiger partial charge is 0.475 e. The molecule has 2 heteroatoms. The van der Waals surface area contributed by atoms with Gasteiger partial charge in [-0.3, -0.25) is 0 Å². The number of hydrogen-bond acceptors (Lipinski definition) is 2. The Bertz CT molecular complexity index is 233. The monoisotopic (exact) mass is 213 g/mol. The predicted octanol–water partition coefficient (Wildman–Crippen LogP) is 4.04. The lowest BCUT2D eigenvalue weighted by Gasteiger charge is -2.31. The van der Waals surface area contributed by atoms with E-state index in [9.17, 15) is 0 Å². The summed E-state index contributed by atoms with van der Waals surface area (Å²) in [4.78, 5) is 4.66. The first-order valence-electron chi connectivity index (χ1n) is 5.61. The Balaban J connectivity index is 5.02. The zero-order valence-electron chi connectivity index (χ0n) is 11.9. The second-order valence-corrected chi connectivity index (χ2v) is 7.05. The molecule has 0 aromatic heterocycles. The quantitative estimate of drug-likeness (QED) is 0.439. The first-order valence-corrected chi connectivity index (χ1v) is 5.61. The van der Waals surface area contributed by atoms with Crippen LogP contribution in [0.25, 0.3) is 0 Å². The summed E-state index contributed by atoms with van der Waals surface area (Å²) in [6.45, 7) is 18.8. The highest BCUT2D eigenvalue weighted by atomic mass is 16.5. The SMILES string of the molecule is CC(C)(C)N=C(OC(C)(C)C)C(C)(C)C. The maximum absolute atomic E-state index is 5.93. The van der Waals surface area contributed by atoms with Crippen molar-refractivity contribution in [3.8, 4) is 0 Å². The molecule has 0 atom stereocenters. The van der Waals surface area contributed by atoms with Crippen molar-refractivity contribution >= 4 is 5.90 Å². The van der Waals surface area contributed by atoms with Gasteiger partial charge < -0.3 is 4.74 Å². The van der Waals surface area contributed by atoms with Gasteiger partial charge in [-0.2, -0.15) is 0 Å². The molecule has 0 N–H and O–H groups in total. The van der Waals surface area contributed by atoms with Crippen molar-refractivity contribution in [2.75, 3.05) is 0 Å². The van der Waals surface area contributed by atoms with Crippen LogP contribution in [0.15, 0.2) is 4.99 Å². The van der Waals surface area contributed by atoms with Crippen molar-refractivity contribution in [1.29, 1.82) is 0 Å². The van der Waals surface area contributed by atoms with Gasteiger partial charge in [-0.1, -0.05) is 20.8 Å². The fraction of sp³-hybridized carbons (Fsp3) is 0.923. The van der Waals surface area contributed by atoms with E-state index in [1.165, 1.54) is 0 Å². The molecule has 0 aromatic rings. The summed E-state index contributed by atoms with van der Waals surface area (Å²) < 4.78 is 5.93. The highest BCUT2D eigenvalue weighted by Gasteiger charge is 2.27. The topological polar surface area (TPSA) is 21.6 Å². The molecule has 0 aromatic carbocycles. The average molecular weight is 213 g/mol. The minimum absolute atomic E-state index is 0.0411. The van der Waals surface area contributed by atoms with Crippen LogP contribution in [0.5, 0.6) is 0 Å². The molecule has 0 aliphatic rings. The van der Waals surface area contributed by atoms with E-state index in [-0.39, 0.29) is 16.6 Å². The number of ether oxygens (including phenoxy) is 1. The Hall–Kier alpha value is -0.530. The van der Waals surface area contributed by atoms with Crippen LogP contribution in [0.2, 0.25) is 0 Å². The summed E-state index contributed by atoms with van der Waals surface area (Å²) in [5.74, 6) is 0.836. The molecule has 0 saturated heterocycles. The second-order valence-electron chi connectivity index (χ2n) is 7.05. The third kappa shape index (κ3) is 7.40. The van der Waals surface area contributed by atoms with Crippen LogP contribution in [0.3, 0.4) is 0 Å². The summed E-state index contributed by atoms with van der Waals surface area (Å²) in [5.41, 5.74) is -0.314. The van der Waals surface area contributed by atoms with Gasteiger partial charge >= 0.3 is 0 Å². The highest BCUT2D eigenvalue weighted by Crippen LogP contribution is 2.24. The first kappa shape index (κ1) is 14.5. The lowest BCUT2D eigenvalue weighted by molar-refractivity contribution is 0.0960. The normalized spacial score (nSPS) is 15.4. The van der Waals surface area contributed by atoms with Crippen LogP contribution in [0.1, 0.15) is 62.3 Å². The molecule has 0 unspecified atom stereocenters. The summed E-state index contributed by atoms with van der Waals surface area (Å²) in [6, 6.07) is 0. The molecule has 0 radical (unpaired) electrons. The molecule has 0 bridgehead atoms. The molecule has 90 valence electrons. The van der Waals surface area contributed by atoms with Crippen LogP contribution < -0.4 is 0 Å². The minimum atomic E-state index is -0.183. The van der Waals surface area contributed by atoms with Gasteiger partial charge in [0.2, 0.25) is 0 Å². The zero-order valence-corrected chi connectivity index (χ0v) is 11.9. The minimum Gasteiger partial charge on any atom is -0.475 e. The highest BCUT2D eigenvalue weighted by molar-refractivity contribution is 5.82. The summed E-state index contributed by atoms with van der Waals surface area (Å²) in [7, 11) is 0. The summed E-state index contributed by atoms with van der Waals surface area (Å²) in [5, 5.41) is 0. The van der Waals surface area contributed by atoms with Crippen LogP contribution in [-0.2, 0) is 4.74 Å². The molecule has 2 nitrogen and oxygen atoms in total. The molecular weight excluding hydrogens is 186 g/mol. The molecule has 0 aliphatic carbocycles. The number of hydrogen-bond donors (Lipinski definition) is 0. The van der Waals surface area contributed by atoms with Crippen molar-refractivity contribution in [3.05, 3.63) is 0 Å². The van der Waals surface area contributed by atoms with E-state index >= 15 is 0 Å². The molecule has 0 saturated carbocycles. The van der Waals surface area contributed by atoms with Crippen molar-refractivity contribution < 1.29 is 4.74 Å². The standard InChI is InChI=1S/C13H27NO/c1-11(2,3)10(14-12(4,5)6)15-13(7,8)9/h1-9H3. The van der Waals surface area contributed by atoms with Gasteiger partial charge in [0.1, 0.15) is 5.60 Å². The van der Waals surface area contributed by atoms with Crippen LogP contribution in [-0.4, -0.2) is 17.0 Å². The molecule has 0 amide bonds. The van der Waals surface area contributed by atoms with E-state index in [2.05, 4.69) is 67.3 Å². The lowest BCUT2D eigenvalue weighted by Crippen LogP contribution is -2.34. The molecule has 15 heavy (non-hydrogen) atoms. The molecule has 0 aliphatic heterocycles. The van der Waals surface area contributed by atoms with E-state index < -0.39 is 0 Å². The fourth-order valence-electron chi connectivity index (χ4n) is 0.938. The third-order valence-corrected chi connectivity index (χ3v) is 1.48. The zero-order chi connectivity index (χ0) is 12.5. The summed E-state index contributed by atoms with van der Waals surface area (Å²) in [6.07, 6.45) is 0. The average Bonchev–Trinajstić information content (AvgIpc) is 1.75. The lowest BCUT2D eigenvalue weighted by atomic mass is 9.95. The van der Waals surface area contributed by atoms with Gasteiger partial charge in [0.15, 0.2) is 5.90 Å². The van der Waals surface area contributed by atoms with Gasteiger partial charge in [0.25, 0.3) is 0 Å². The van der Waals surface area contributed by atoms with Gasteiger partial charge in [0, 0.05) is 5.41 Å². The van der Waals surface area contributed by atoms with Crippen molar-refractivity contribution in [3.63, 3.8) is 0 Å². The van der Waals surface area contributed by atoms with E-state index in [0.29, 0.717) is 0 Å². The van der Waals surface area contributed by atoms with Crippen molar-refractivity contribution in [1.82, 2.24) is 0 Å². The van der Waals surface area contributed by atoms with Gasteiger partial charge in [-0.25, -0.2) is 4.99 Å². The van der Waals surface area contributed by atoms with Crippen molar-refractivity contribution in [2.45, 2.75) is 73.5 Å². The number of rotatable bonds is 0. The number of nitrogens with zero attached hydrogens (tertiary/aromatic N) is 1. The molecule has 0 rings (SSSR count). The maximum atomic E-state index is 5.93. The van der Waals surface area contributed by atoms with Crippen LogP contribution >= 0.6 is 0 Å². The molecule has 0 heterocycles. The van der Waals surface area contributed by atoms with E-state index in [1.807, 2.05) is 0 Å². The van der Waals surface area contributed by atoms with E-state index in [0.717, 1.165) is 5.90 Å². The Kier molecular flexibility index (Phi) is 4.00. The smallest absolute Gasteiger partial charge is 0.189 e. The van der Waals surface area contributed by atoms with Gasteiger partial charge in [0.05, 0.1) is 5.54 Å². The Labute approximate surface area is 95.1 Å². The predicted molar refractivity (Wildman–Crippen MR) is 67.5 cm³/mol. The Morgan fingerprint density at radius 3 is 1.40 bits per heavy atom. The molecule has 0 spiro atoms. The Morgan fingerprint density at radius 2 is 1.20 bits per heavy atom. The number of aliphatic imine (C=N–C) groups is 1. The van der Waals surface area contributed by atoms with Gasteiger partial charge in [-0.15, -0.1) is 0 Å². The maximum Gasteiger partial charge on any atom is 0.189 e. The third-order valence-electron chi connectivity index (χ3n) is 1.48. The Morgan fingerprint density at radius 1 is 0.800 bits per heavy atom. The molecular formula is C13H27NO.